The van der Waals surface area contributed by atoms with E-state index in [1.54, 1.807) is 47.9 Å². The number of aryl methyl sites for hydroxylation is 1. The molecule has 0 radical (unpaired) electrons. The first kappa shape index (κ1) is 28.9. The summed E-state index contributed by atoms with van der Waals surface area (Å²) >= 11 is 31.1. The molecule has 4 aromatic rings. The third-order valence-corrected chi connectivity index (χ3v) is 8.17. The van der Waals surface area contributed by atoms with Crippen LogP contribution in [0.15, 0.2) is 48.9 Å². The van der Waals surface area contributed by atoms with E-state index in [9.17, 15) is 5.11 Å². The molecule has 4 atom stereocenters. The van der Waals surface area contributed by atoms with Gasteiger partial charge in [-0.25, -0.2) is 9.97 Å². The molecule has 12 heteroatoms. The maximum atomic E-state index is 11.9. The molecule has 0 unspecified atom stereocenters. The van der Waals surface area contributed by atoms with Gasteiger partial charge in [0.25, 0.3) is 0 Å². The van der Waals surface area contributed by atoms with Crippen LogP contribution in [-0.2, 0) is 27.4 Å². The van der Waals surface area contributed by atoms with Crippen molar-refractivity contribution in [2.45, 2.75) is 51.1 Å². The average Bonchev–Trinajstić information content (AvgIpc) is 3.33. The van der Waals surface area contributed by atoms with Gasteiger partial charge in [-0.05, 0) is 54.8 Å². The minimum absolute atomic E-state index is 0.110. The first-order valence-corrected chi connectivity index (χ1v) is 13.9. The zero-order valence-corrected chi connectivity index (χ0v) is 24.7. The number of benzene rings is 2. The van der Waals surface area contributed by atoms with Crippen LogP contribution in [-0.4, -0.2) is 44.1 Å². The summed E-state index contributed by atoms with van der Waals surface area (Å²) in [7, 11) is 0. The van der Waals surface area contributed by atoms with Crippen molar-refractivity contribution in [1.82, 2.24) is 14.5 Å². The number of fused-ring (bicyclic) bond motifs is 1. The van der Waals surface area contributed by atoms with E-state index in [-0.39, 0.29) is 19.8 Å². The van der Waals surface area contributed by atoms with Crippen LogP contribution in [0.1, 0.15) is 29.8 Å². The minimum Gasteiger partial charge on any atom is -0.383 e. The molecule has 2 aromatic heterocycles. The molecule has 5 rings (SSSR count). The lowest BCUT2D eigenvalue weighted by Crippen LogP contribution is -2.46. The Morgan fingerprint density at radius 1 is 0.974 bits per heavy atom. The molecule has 0 spiro atoms. The zero-order chi connectivity index (χ0) is 27.9. The fourth-order valence-corrected chi connectivity index (χ4v) is 5.99. The van der Waals surface area contributed by atoms with E-state index in [1.807, 2.05) is 13.1 Å². The Labute approximate surface area is 250 Å². The fourth-order valence-electron chi connectivity index (χ4n) is 4.79. The Morgan fingerprint density at radius 3 is 2.26 bits per heavy atom. The minimum atomic E-state index is -1.50. The summed E-state index contributed by atoms with van der Waals surface area (Å²) in [6.07, 6.45) is 0.881. The second-order valence-electron chi connectivity index (χ2n) is 9.55. The highest BCUT2D eigenvalue weighted by atomic mass is 35.5. The largest absolute Gasteiger partial charge is 0.383 e. The number of rotatable bonds is 8. The molecule has 0 saturated carbocycles. The molecule has 0 bridgehead atoms. The normalized spacial score (nSPS) is 23.1. The number of aliphatic hydroxyl groups is 1. The molecule has 1 saturated heterocycles. The van der Waals surface area contributed by atoms with E-state index in [4.69, 9.17) is 72.2 Å². The van der Waals surface area contributed by atoms with Crippen LogP contribution in [0.3, 0.4) is 0 Å². The predicted molar refractivity (Wildman–Crippen MR) is 153 cm³/mol. The average molecular weight is 632 g/mol. The molecule has 0 aliphatic carbocycles. The van der Waals surface area contributed by atoms with Crippen molar-refractivity contribution in [2.24, 2.45) is 0 Å². The summed E-state index contributed by atoms with van der Waals surface area (Å²) in [5.74, 6) is 0. The first-order valence-electron chi connectivity index (χ1n) is 12.0. The van der Waals surface area contributed by atoms with Gasteiger partial charge in [0.1, 0.15) is 34.9 Å². The van der Waals surface area contributed by atoms with Crippen molar-refractivity contribution in [3.63, 3.8) is 0 Å². The monoisotopic (exact) mass is 629 g/mol. The van der Waals surface area contributed by atoms with Crippen molar-refractivity contribution < 1.29 is 19.3 Å². The molecule has 1 fully saturated rings. The summed E-state index contributed by atoms with van der Waals surface area (Å²) < 4.78 is 20.4. The lowest BCUT2D eigenvalue weighted by atomic mass is 9.96. The van der Waals surface area contributed by atoms with Gasteiger partial charge in [-0.15, -0.1) is 0 Å². The molecular formula is C27H24Cl5N3O4. The second kappa shape index (κ2) is 11.7. The Bertz CT molecular complexity index is 1510. The van der Waals surface area contributed by atoms with E-state index in [0.29, 0.717) is 36.3 Å². The highest BCUT2D eigenvalue weighted by molar-refractivity contribution is 6.35. The number of hydrogen-bond acceptors (Lipinski definition) is 6. The van der Waals surface area contributed by atoms with Gasteiger partial charge in [0.05, 0.1) is 25.2 Å². The van der Waals surface area contributed by atoms with Gasteiger partial charge in [0.15, 0.2) is 6.23 Å². The van der Waals surface area contributed by atoms with Crippen molar-refractivity contribution >= 4 is 69.0 Å². The molecule has 7 nitrogen and oxygen atoms in total. The van der Waals surface area contributed by atoms with Gasteiger partial charge < -0.3 is 23.9 Å². The first-order chi connectivity index (χ1) is 18.6. The fraction of sp³-hybridized carbons (Fsp3) is 0.333. The summed E-state index contributed by atoms with van der Waals surface area (Å²) in [6.45, 7) is 3.99. The quantitative estimate of drug-likeness (QED) is 0.204. The molecule has 1 N–H and O–H groups in total. The summed E-state index contributed by atoms with van der Waals surface area (Å²) in [4.78, 5) is 8.49. The summed E-state index contributed by atoms with van der Waals surface area (Å²) in [6, 6.07) is 10.3. The number of ether oxygens (including phenoxy) is 3. The number of nitrogens with zero attached hydrogens (tertiary/aromatic N) is 3. The van der Waals surface area contributed by atoms with Gasteiger partial charge in [-0.3, -0.25) is 0 Å². The Balaban J connectivity index is 1.42. The van der Waals surface area contributed by atoms with Crippen molar-refractivity contribution in [2.75, 3.05) is 6.61 Å². The van der Waals surface area contributed by atoms with E-state index in [2.05, 4.69) is 9.97 Å². The van der Waals surface area contributed by atoms with Crippen LogP contribution >= 0.6 is 58.0 Å². The Hall–Kier alpha value is -1.65. The van der Waals surface area contributed by atoms with E-state index >= 15 is 0 Å². The highest BCUT2D eigenvalue weighted by Gasteiger charge is 2.55. The lowest BCUT2D eigenvalue weighted by Gasteiger charge is -2.30. The molecule has 206 valence electrons. The number of halogens is 5. The van der Waals surface area contributed by atoms with Crippen LogP contribution in [0.25, 0.3) is 11.0 Å². The zero-order valence-electron chi connectivity index (χ0n) is 20.9. The maximum Gasteiger partial charge on any atom is 0.167 e. The molecule has 0 amide bonds. The molecule has 2 aromatic carbocycles. The van der Waals surface area contributed by atoms with Crippen molar-refractivity contribution in [3.8, 4) is 0 Å². The van der Waals surface area contributed by atoms with E-state index in [1.165, 1.54) is 6.33 Å². The standard InChI is InChI=1S/C27H24Cl5N3O4/c1-14-9-35(25-22(14)24(32)33-13-34-25)26-27(2,36)23(38-11-16-4-6-18(29)8-20(16)31)21(39-26)12-37-10-15-3-5-17(28)7-19(15)30/h3-9,13,21,23,26,36H,10-12H2,1-2H3/t21-,23-,26-,27-/m1/s1. The van der Waals surface area contributed by atoms with E-state index < -0.39 is 24.0 Å². The predicted octanol–water partition coefficient (Wildman–Crippen LogP) is 7.46. The van der Waals surface area contributed by atoms with Crippen LogP contribution in [0, 0.1) is 6.92 Å². The lowest BCUT2D eigenvalue weighted by molar-refractivity contribution is -0.114. The van der Waals surface area contributed by atoms with Crippen LogP contribution in [0.4, 0.5) is 0 Å². The topological polar surface area (TPSA) is 78.6 Å². The van der Waals surface area contributed by atoms with Gasteiger partial charge in [-0.2, -0.15) is 0 Å². The van der Waals surface area contributed by atoms with Gasteiger partial charge in [-0.1, -0.05) is 70.1 Å². The third-order valence-electron chi connectivity index (χ3n) is 6.71. The third kappa shape index (κ3) is 5.89. The van der Waals surface area contributed by atoms with Crippen molar-refractivity contribution in [1.29, 1.82) is 0 Å². The smallest absolute Gasteiger partial charge is 0.167 e. The summed E-state index contributed by atoms with van der Waals surface area (Å²) in [5.41, 5.74) is 1.37. The van der Waals surface area contributed by atoms with Gasteiger partial charge in [0.2, 0.25) is 0 Å². The molecule has 1 aliphatic rings. The Kier molecular flexibility index (Phi) is 8.65. The number of hydrogen-bond donors (Lipinski definition) is 1. The highest BCUT2D eigenvalue weighted by Crippen LogP contribution is 2.43. The number of aromatic nitrogens is 3. The maximum absolute atomic E-state index is 11.9. The Morgan fingerprint density at radius 2 is 1.62 bits per heavy atom. The summed E-state index contributed by atoms with van der Waals surface area (Å²) in [5, 5.41) is 14.9. The van der Waals surface area contributed by atoms with E-state index in [0.717, 1.165) is 16.7 Å². The van der Waals surface area contributed by atoms with Crippen molar-refractivity contribution in [3.05, 3.63) is 90.9 Å². The molecule has 3 heterocycles. The van der Waals surface area contributed by atoms with Gasteiger partial charge >= 0.3 is 0 Å². The van der Waals surface area contributed by atoms with Gasteiger partial charge in [0, 0.05) is 26.3 Å². The molecule has 39 heavy (non-hydrogen) atoms. The van der Waals surface area contributed by atoms with Crippen LogP contribution in [0.2, 0.25) is 25.2 Å². The molecular weight excluding hydrogens is 608 g/mol. The van der Waals surface area contributed by atoms with Crippen LogP contribution in [0.5, 0.6) is 0 Å². The second-order valence-corrected chi connectivity index (χ2v) is 11.6. The molecule has 1 aliphatic heterocycles. The van der Waals surface area contributed by atoms with Crippen LogP contribution < -0.4 is 0 Å². The SMILES string of the molecule is Cc1cn([C@@H]2O[C@H](COCc3ccc(Cl)cc3Cl)[C@@H](OCc3ccc(Cl)cc3Cl)[C@@]2(C)O)c2ncnc(Cl)c12.